The normalized spacial score (nSPS) is 11.8. The van der Waals surface area contributed by atoms with Gasteiger partial charge in [0.2, 0.25) is 0 Å². The van der Waals surface area contributed by atoms with Crippen LogP contribution in [-0.2, 0) is 13.2 Å². The average molecular weight is 241 g/mol. The van der Waals surface area contributed by atoms with Crippen molar-refractivity contribution in [3.8, 4) is 11.4 Å². The third kappa shape index (κ3) is 2.46. The lowest BCUT2D eigenvalue weighted by molar-refractivity contribution is -0.137. The first-order valence-corrected chi connectivity index (χ1v) is 4.91. The molecule has 0 N–H and O–H groups in total. The molecule has 1 aromatic heterocycles. The van der Waals surface area contributed by atoms with Gasteiger partial charge in [-0.15, -0.1) is 0 Å². The van der Waals surface area contributed by atoms with Gasteiger partial charge >= 0.3 is 6.18 Å². The molecule has 0 saturated carbocycles. The molecule has 3 nitrogen and oxygen atoms in total. The second kappa shape index (κ2) is 3.87. The van der Waals surface area contributed by atoms with Crippen molar-refractivity contribution in [1.29, 1.82) is 0 Å². The van der Waals surface area contributed by atoms with Crippen LogP contribution < -0.4 is 0 Å². The summed E-state index contributed by atoms with van der Waals surface area (Å²) in [5.41, 5.74) is 0.222. The second-order valence-electron chi connectivity index (χ2n) is 3.83. The van der Waals surface area contributed by atoms with Crippen LogP contribution in [0.2, 0.25) is 0 Å². The first-order valence-electron chi connectivity index (χ1n) is 4.91. The molecule has 0 atom stereocenters. The third-order valence-electron chi connectivity index (χ3n) is 2.26. The van der Waals surface area contributed by atoms with Crippen molar-refractivity contribution in [2.75, 3.05) is 0 Å². The van der Waals surface area contributed by atoms with Crippen LogP contribution in [0.3, 0.4) is 0 Å². The van der Waals surface area contributed by atoms with E-state index < -0.39 is 11.7 Å². The van der Waals surface area contributed by atoms with Gasteiger partial charge in [0.05, 0.1) is 5.56 Å². The highest BCUT2D eigenvalue weighted by Crippen LogP contribution is 2.32. The molecule has 90 valence electrons. The molecule has 6 heteroatoms. The van der Waals surface area contributed by atoms with Crippen molar-refractivity contribution >= 4 is 0 Å². The summed E-state index contributed by atoms with van der Waals surface area (Å²) in [5.74, 6) is 0.293. The van der Waals surface area contributed by atoms with E-state index in [2.05, 4.69) is 10.1 Å². The Labute approximate surface area is 95.9 Å². The first kappa shape index (κ1) is 11.6. The zero-order valence-corrected chi connectivity index (χ0v) is 9.28. The third-order valence-corrected chi connectivity index (χ3v) is 2.26. The summed E-state index contributed by atoms with van der Waals surface area (Å²) >= 11 is 0. The van der Waals surface area contributed by atoms with Gasteiger partial charge in [-0.25, -0.2) is 4.98 Å². The van der Waals surface area contributed by atoms with Gasteiger partial charge in [0, 0.05) is 12.6 Å². The van der Waals surface area contributed by atoms with Crippen molar-refractivity contribution < 1.29 is 13.2 Å². The highest BCUT2D eigenvalue weighted by Gasteiger charge is 2.31. The summed E-state index contributed by atoms with van der Waals surface area (Å²) in [5, 5.41) is 3.98. The van der Waals surface area contributed by atoms with E-state index >= 15 is 0 Å². The monoisotopic (exact) mass is 241 g/mol. The van der Waals surface area contributed by atoms with Crippen LogP contribution in [0.15, 0.2) is 24.5 Å². The molecule has 0 fully saturated rings. The topological polar surface area (TPSA) is 30.7 Å². The van der Waals surface area contributed by atoms with Gasteiger partial charge in [0.1, 0.15) is 6.33 Å². The Morgan fingerprint density at radius 3 is 2.41 bits per heavy atom. The molecular formula is C11H10F3N3. The van der Waals surface area contributed by atoms with E-state index in [-0.39, 0.29) is 0 Å². The van der Waals surface area contributed by atoms with Gasteiger partial charge in [-0.05, 0) is 30.7 Å². The summed E-state index contributed by atoms with van der Waals surface area (Å²) in [7, 11) is 1.66. The molecule has 17 heavy (non-hydrogen) atoms. The van der Waals surface area contributed by atoms with Crippen molar-refractivity contribution in [2.45, 2.75) is 13.1 Å². The number of benzene rings is 1. The molecule has 2 rings (SSSR count). The summed E-state index contributed by atoms with van der Waals surface area (Å²) in [6.07, 6.45) is -2.90. The lowest BCUT2D eigenvalue weighted by atomic mass is 10.1. The maximum absolute atomic E-state index is 12.6. The lowest BCUT2D eigenvalue weighted by Crippen LogP contribution is -2.05. The molecule has 0 amide bonds. The number of aryl methyl sites for hydroxylation is 2. The van der Waals surface area contributed by atoms with Gasteiger partial charge in [-0.2, -0.15) is 18.3 Å². The molecule has 0 aliphatic rings. The fourth-order valence-electron chi connectivity index (χ4n) is 1.55. The minimum Gasteiger partial charge on any atom is -0.255 e. The number of halogens is 3. The molecule has 0 bridgehead atoms. The number of rotatable bonds is 1. The quantitative estimate of drug-likeness (QED) is 0.768. The van der Waals surface area contributed by atoms with Crippen LogP contribution in [0.4, 0.5) is 13.2 Å². The van der Waals surface area contributed by atoms with Crippen LogP contribution in [-0.4, -0.2) is 14.8 Å². The minimum absolute atomic E-state index is 0.293. The van der Waals surface area contributed by atoms with Crippen LogP contribution in [0.5, 0.6) is 0 Å². The SMILES string of the molecule is Cc1cc(-c2ncn(C)n2)cc(C(F)(F)F)c1. The molecule has 2 aromatic rings. The molecular weight excluding hydrogens is 231 g/mol. The van der Waals surface area contributed by atoms with Crippen molar-refractivity contribution in [3.63, 3.8) is 0 Å². The summed E-state index contributed by atoms with van der Waals surface area (Å²) in [6, 6.07) is 3.79. The molecule has 0 unspecified atom stereocenters. The molecule has 0 spiro atoms. The average Bonchev–Trinajstić information content (AvgIpc) is 2.62. The number of hydrogen-bond donors (Lipinski definition) is 0. The summed E-state index contributed by atoms with van der Waals surface area (Å²) < 4.78 is 39.3. The number of aromatic nitrogens is 3. The largest absolute Gasteiger partial charge is 0.416 e. The maximum atomic E-state index is 12.6. The van der Waals surface area contributed by atoms with Gasteiger partial charge in [0.15, 0.2) is 5.82 Å². The van der Waals surface area contributed by atoms with Crippen LogP contribution in [0, 0.1) is 6.92 Å². The van der Waals surface area contributed by atoms with Crippen molar-refractivity contribution in [2.24, 2.45) is 7.05 Å². The lowest BCUT2D eigenvalue weighted by Gasteiger charge is -2.09. The maximum Gasteiger partial charge on any atom is 0.416 e. The van der Waals surface area contributed by atoms with Gasteiger partial charge < -0.3 is 0 Å². The molecule has 0 radical (unpaired) electrons. The number of hydrogen-bond acceptors (Lipinski definition) is 2. The van der Waals surface area contributed by atoms with Crippen LogP contribution in [0.25, 0.3) is 11.4 Å². The van der Waals surface area contributed by atoms with Gasteiger partial charge in [-0.1, -0.05) is 0 Å². The minimum atomic E-state index is -4.35. The highest BCUT2D eigenvalue weighted by molar-refractivity contribution is 5.57. The van der Waals surface area contributed by atoms with E-state index in [1.54, 1.807) is 20.0 Å². The Morgan fingerprint density at radius 1 is 1.18 bits per heavy atom. The van der Waals surface area contributed by atoms with Crippen molar-refractivity contribution in [1.82, 2.24) is 14.8 Å². The predicted molar refractivity (Wildman–Crippen MR) is 56.2 cm³/mol. The van der Waals surface area contributed by atoms with E-state index in [4.69, 9.17) is 0 Å². The van der Waals surface area contributed by atoms with Crippen LogP contribution >= 0.6 is 0 Å². The second-order valence-corrected chi connectivity index (χ2v) is 3.83. The number of alkyl halides is 3. The fourth-order valence-corrected chi connectivity index (χ4v) is 1.55. The van der Waals surface area contributed by atoms with Crippen molar-refractivity contribution in [3.05, 3.63) is 35.7 Å². The van der Waals surface area contributed by atoms with E-state index in [9.17, 15) is 13.2 Å². The smallest absolute Gasteiger partial charge is 0.255 e. The van der Waals surface area contributed by atoms with E-state index in [1.807, 2.05) is 0 Å². The Morgan fingerprint density at radius 2 is 1.88 bits per heavy atom. The molecule has 0 aliphatic carbocycles. The molecule has 0 saturated heterocycles. The van der Waals surface area contributed by atoms with Gasteiger partial charge in [0.25, 0.3) is 0 Å². The van der Waals surface area contributed by atoms with E-state index in [1.165, 1.54) is 11.0 Å². The summed E-state index contributed by atoms with van der Waals surface area (Å²) in [4.78, 5) is 3.93. The Bertz CT molecular complexity index is 543. The molecule has 1 aromatic carbocycles. The fraction of sp³-hybridized carbons (Fsp3) is 0.273. The Balaban J connectivity index is 2.52. The zero-order chi connectivity index (χ0) is 12.6. The highest BCUT2D eigenvalue weighted by atomic mass is 19.4. The molecule has 1 heterocycles. The summed E-state index contributed by atoms with van der Waals surface area (Å²) in [6.45, 7) is 1.61. The first-order chi connectivity index (χ1) is 7.86. The Hall–Kier alpha value is -1.85. The predicted octanol–water partition coefficient (Wildman–Crippen LogP) is 2.81. The van der Waals surface area contributed by atoms with E-state index in [0.29, 0.717) is 17.0 Å². The van der Waals surface area contributed by atoms with Crippen LogP contribution in [0.1, 0.15) is 11.1 Å². The number of nitrogens with zero attached hydrogens (tertiary/aromatic N) is 3. The standard InChI is InChI=1S/C11H10F3N3/c1-7-3-8(10-15-6-17(2)16-10)5-9(4-7)11(12,13)14/h3-6H,1-2H3. The zero-order valence-electron chi connectivity index (χ0n) is 9.28. The van der Waals surface area contributed by atoms with E-state index in [0.717, 1.165) is 12.1 Å². The molecule has 0 aliphatic heterocycles. The Kier molecular flexibility index (Phi) is 2.65. The van der Waals surface area contributed by atoms with Gasteiger partial charge in [-0.3, -0.25) is 4.68 Å².